The van der Waals surface area contributed by atoms with Crippen molar-refractivity contribution in [3.8, 4) is 0 Å². The smallest absolute Gasteiger partial charge is 0.412 e. The van der Waals surface area contributed by atoms with Gasteiger partial charge in [-0.3, -0.25) is 5.32 Å². The van der Waals surface area contributed by atoms with E-state index in [2.05, 4.69) is 10.6 Å². The molecule has 1 aromatic rings. The predicted octanol–water partition coefficient (Wildman–Crippen LogP) is 2.79. The zero-order valence-electron chi connectivity index (χ0n) is 12.0. The summed E-state index contributed by atoms with van der Waals surface area (Å²) < 4.78 is 5.23. The van der Waals surface area contributed by atoms with E-state index in [9.17, 15) is 4.79 Å². The van der Waals surface area contributed by atoms with Crippen molar-refractivity contribution < 1.29 is 9.53 Å². The molecule has 0 saturated carbocycles. The summed E-state index contributed by atoms with van der Waals surface area (Å²) in [6, 6.07) is 7.58. The molecule has 19 heavy (non-hydrogen) atoms. The molecule has 0 heterocycles. The average molecular weight is 265 g/mol. The second-order valence-electron chi connectivity index (χ2n) is 5.45. The number of nitrogens with one attached hydrogen (secondary N) is 2. The zero-order valence-corrected chi connectivity index (χ0v) is 12.0. The molecule has 1 atom stereocenters. The minimum Gasteiger partial charge on any atom is -0.444 e. The van der Waals surface area contributed by atoms with E-state index < -0.39 is 11.7 Å². The fraction of sp³-hybridized carbons (Fsp3) is 0.500. The van der Waals surface area contributed by atoms with Gasteiger partial charge in [0.25, 0.3) is 0 Å². The quantitative estimate of drug-likeness (QED) is 0.782. The Labute approximate surface area is 114 Å². The lowest BCUT2D eigenvalue weighted by atomic mass is 10.2. The molecule has 1 amide bonds. The number of amides is 1. The third-order valence-electron chi connectivity index (χ3n) is 2.32. The Morgan fingerprint density at radius 1 is 1.32 bits per heavy atom. The van der Waals surface area contributed by atoms with Crippen molar-refractivity contribution in [2.45, 2.75) is 39.3 Å². The summed E-state index contributed by atoms with van der Waals surface area (Å²) in [5.74, 6) is 0. The van der Waals surface area contributed by atoms with E-state index in [-0.39, 0.29) is 6.04 Å². The topological polar surface area (TPSA) is 76.4 Å². The number of anilines is 2. The van der Waals surface area contributed by atoms with E-state index in [0.717, 1.165) is 5.69 Å². The van der Waals surface area contributed by atoms with Crippen molar-refractivity contribution in [1.29, 1.82) is 0 Å². The summed E-state index contributed by atoms with van der Waals surface area (Å²) in [6.45, 7) is 7.97. The standard InChI is InChI=1S/C14H23N3O2/c1-10(9-15)16-11-7-5-6-8-12(11)17-13(18)19-14(2,3)4/h5-8,10,16H,9,15H2,1-4H3,(H,17,18). The van der Waals surface area contributed by atoms with Crippen LogP contribution in [0.3, 0.4) is 0 Å². The molecule has 0 aliphatic rings. The van der Waals surface area contributed by atoms with Gasteiger partial charge in [0.2, 0.25) is 0 Å². The molecule has 5 nitrogen and oxygen atoms in total. The molecule has 0 aliphatic heterocycles. The first kappa shape index (κ1) is 15.3. The number of ether oxygens (including phenoxy) is 1. The van der Waals surface area contributed by atoms with Gasteiger partial charge in [-0.15, -0.1) is 0 Å². The van der Waals surface area contributed by atoms with E-state index in [1.165, 1.54) is 0 Å². The number of rotatable bonds is 4. The molecule has 0 bridgehead atoms. The van der Waals surface area contributed by atoms with Crippen LogP contribution in [0.15, 0.2) is 24.3 Å². The molecule has 106 valence electrons. The summed E-state index contributed by atoms with van der Waals surface area (Å²) in [4.78, 5) is 11.7. The minimum atomic E-state index is -0.517. The third-order valence-corrected chi connectivity index (χ3v) is 2.32. The Bertz CT molecular complexity index is 427. The lowest BCUT2D eigenvalue weighted by molar-refractivity contribution is 0.0636. The molecule has 0 aliphatic carbocycles. The maximum absolute atomic E-state index is 11.7. The summed E-state index contributed by atoms with van der Waals surface area (Å²) in [7, 11) is 0. The Kier molecular flexibility index (Phi) is 5.18. The molecule has 1 rings (SSSR count). The fourth-order valence-electron chi connectivity index (χ4n) is 1.46. The summed E-state index contributed by atoms with van der Waals surface area (Å²) >= 11 is 0. The van der Waals surface area contributed by atoms with Crippen molar-refractivity contribution in [2.24, 2.45) is 5.73 Å². The second kappa shape index (κ2) is 6.43. The van der Waals surface area contributed by atoms with Crippen LogP contribution in [-0.2, 0) is 4.74 Å². The van der Waals surface area contributed by atoms with E-state index >= 15 is 0 Å². The lowest BCUT2D eigenvalue weighted by Gasteiger charge is -2.21. The molecule has 0 radical (unpaired) electrons. The van der Waals surface area contributed by atoms with Crippen LogP contribution in [0.1, 0.15) is 27.7 Å². The lowest BCUT2D eigenvalue weighted by Crippen LogP contribution is -2.28. The van der Waals surface area contributed by atoms with Crippen LogP contribution in [0, 0.1) is 0 Å². The van der Waals surface area contributed by atoms with Crippen molar-refractivity contribution >= 4 is 17.5 Å². The highest BCUT2D eigenvalue weighted by Gasteiger charge is 2.17. The molecule has 1 unspecified atom stereocenters. The Morgan fingerprint density at radius 2 is 1.89 bits per heavy atom. The third kappa shape index (κ3) is 5.61. The number of hydrogen-bond acceptors (Lipinski definition) is 4. The van der Waals surface area contributed by atoms with E-state index in [1.54, 1.807) is 0 Å². The molecular weight excluding hydrogens is 242 g/mol. The van der Waals surface area contributed by atoms with Crippen LogP contribution < -0.4 is 16.4 Å². The average Bonchev–Trinajstić information content (AvgIpc) is 2.29. The second-order valence-corrected chi connectivity index (χ2v) is 5.45. The first-order valence-electron chi connectivity index (χ1n) is 6.37. The largest absolute Gasteiger partial charge is 0.444 e. The van der Waals surface area contributed by atoms with Gasteiger partial charge in [-0.25, -0.2) is 4.79 Å². The van der Waals surface area contributed by atoms with E-state index in [1.807, 2.05) is 52.0 Å². The van der Waals surface area contributed by atoms with E-state index in [0.29, 0.717) is 12.2 Å². The van der Waals surface area contributed by atoms with E-state index in [4.69, 9.17) is 10.5 Å². The van der Waals surface area contributed by atoms with Gasteiger partial charge in [-0.05, 0) is 39.8 Å². The molecule has 4 N–H and O–H groups in total. The van der Waals surface area contributed by atoms with Gasteiger partial charge in [-0.2, -0.15) is 0 Å². The molecule has 1 aromatic carbocycles. The number of para-hydroxylation sites is 2. The SMILES string of the molecule is CC(CN)Nc1ccccc1NC(=O)OC(C)(C)C. The van der Waals surface area contributed by atoms with Gasteiger partial charge in [0.15, 0.2) is 0 Å². The predicted molar refractivity (Wildman–Crippen MR) is 78.4 cm³/mol. The van der Waals surface area contributed by atoms with Crippen molar-refractivity contribution in [3.05, 3.63) is 24.3 Å². The highest BCUT2D eigenvalue weighted by atomic mass is 16.6. The summed E-state index contributed by atoms with van der Waals surface area (Å²) in [6.07, 6.45) is -0.470. The van der Waals surface area contributed by atoms with Crippen molar-refractivity contribution in [2.75, 3.05) is 17.2 Å². The number of carbonyl (C=O) groups excluding carboxylic acids is 1. The summed E-state index contributed by atoms with van der Waals surface area (Å²) in [5.41, 5.74) is 6.57. The van der Waals surface area contributed by atoms with Gasteiger partial charge in [0.1, 0.15) is 5.60 Å². The zero-order chi connectivity index (χ0) is 14.5. The minimum absolute atomic E-state index is 0.126. The number of nitrogens with two attached hydrogens (primary N) is 1. The highest BCUT2D eigenvalue weighted by molar-refractivity contribution is 5.89. The molecule has 0 fully saturated rings. The van der Waals surface area contributed by atoms with Crippen molar-refractivity contribution in [1.82, 2.24) is 0 Å². The highest BCUT2D eigenvalue weighted by Crippen LogP contribution is 2.22. The Hall–Kier alpha value is -1.75. The van der Waals surface area contributed by atoms with Crippen LogP contribution >= 0.6 is 0 Å². The van der Waals surface area contributed by atoms with Crippen LogP contribution in [0.5, 0.6) is 0 Å². The molecule has 0 saturated heterocycles. The maximum Gasteiger partial charge on any atom is 0.412 e. The number of benzene rings is 1. The maximum atomic E-state index is 11.7. The molecular formula is C14H23N3O2. The van der Waals surface area contributed by atoms with Gasteiger partial charge < -0.3 is 15.8 Å². The first-order valence-corrected chi connectivity index (χ1v) is 6.37. The fourth-order valence-corrected chi connectivity index (χ4v) is 1.46. The van der Waals surface area contributed by atoms with Gasteiger partial charge in [0, 0.05) is 12.6 Å². The Balaban J connectivity index is 2.75. The Morgan fingerprint density at radius 3 is 2.42 bits per heavy atom. The number of carbonyl (C=O) groups is 1. The van der Waals surface area contributed by atoms with Gasteiger partial charge in [-0.1, -0.05) is 12.1 Å². The van der Waals surface area contributed by atoms with Gasteiger partial charge >= 0.3 is 6.09 Å². The number of hydrogen-bond donors (Lipinski definition) is 3. The van der Waals surface area contributed by atoms with Gasteiger partial charge in [0.05, 0.1) is 11.4 Å². The van der Waals surface area contributed by atoms with Crippen LogP contribution in [0.25, 0.3) is 0 Å². The van der Waals surface area contributed by atoms with Crippen LogP contribution in [0.2, 0.25) is 0 Å². The normalized spacial score (nSPS) is 12.7. The van der Waals surface area contributed by atoms with Crippen LogP contribution in [-0.4, -0.2) is 24.3 Å². The molecule has 0 aromatic heterocycles. The first-order chi connectivity index (χ1) is 8.81. The summed E-state index contributed by atoms with van der Waals surface area (Å²) in [5, 5.41) is 5.97. The molecule has 5 heteroatoms. The van der Waals surface area contributed by atoms with Crippen molar-refractivity contribution in [3.63, 3.8) is 0 Å². The molecule has 0 spiro atoms. The van der Waals surface area contributed by atoms with Crippen LogP contribution in [0.4, 0.5) is 16.2 Å². The monoisotopic (exact) mass is 265 g/mol.